The minimum absolute atomic E-state index is 0.166. The summed E-state index contributed by atoms with van der Waals surface area (Å²) in [5, 5.41) is 16.7. The summed E-state index contributed by atoms with van der Waals surface area (Å²) in [5.74, 6) is -4.18. The van der Waals surface area contributed by atoms with E-state index in [0.29, 0.717) is 11.9 Å². The van der Waals surface area contributed by atoms with E-state index in [2.05, 4.69) is 6.58 Å². The van der Waals surface area contributed by atoms with Crippen LogP contribution in [0.3, 0.4) is 0 Å². The Bertz CT molecular complexity index is 814. The van der Waals surface area contributed by atoms with Crippen LogP contribution in [0.25, 0.3) is 10.9 Å². The van der Waals surface area contributed by atoms with E-state index < -0.39 is 24.2 Å². The molecule has 1 aromatic carbocycles. The molecule has 142 valence electrons. The van der Waals surface area contributed by atoms with Gasteiger partial charge in [-0.05, 0) is 23.8 Å². The van der Waals surface area contributed by atoms with Crippen molar-refractivity contribution in [2.24, 2.45) is 5.73 Å². The lowest BCUT2D eigenvalue weighted by Crippen LogP contribution is -2.32. The quantitative estimate of drug-likeness (QED) is 0.549. The van der Waals surface area contributed by atoms with Crippen molar-refractivity contribution >= 4 is 22.8 Å². The number of aliphatic carboxylic acids is 2. The fraction of sp³-hybridized carbons (Fsp3) is 0.250. The average molecular weight is 376 g/mol. The van der Waals surface area contributed by atoms with E-state index in [1.807, 2.05) is 4.57 Å². The van der Waals surface area contributed by atoms with Gasteiger partial charge in [-0.1, -0.05) is 6.08 Å². The van der Waals surface area contributed by atoms with Crippen LogP contribution in [0.4, 0.5) is 17.6 Å². The van der Waals surface area contributed by atoms with Gasteiger partial charge in [0.15, 0.2) is 0 Å². The van der Waals surface area contributed by atoms with E-state index in [-0.39, 0.29) is 12.2 Å². The van der Waals surface area contributed by atoms with Crippen molar-refractivity contribution < 1.29 is 37.4 Å². The summed E-state index contributed by atoms with van der Waals surface area (Å²) < 4.78 is 47.0. The lowest BCUT2D eigenvalue weighted by Gasteiger charge is -2.04. The molecule has 0 spiro atoms. The molecule has 10 heteroatoms. The van der Waals surface area contributed by atoms with Gasteiger partial charge in [0.1, 0.15) is 11.9 Å². The zero-order chi connectivity index (χ0) is 20.1. The molecule has 1 heterocycles. The number of aromatic nitrogens is 1. The van der Waals surface area contributed by atoms with E-state index in [9.17, 15) is 22.4 Å². The molecule has 6 nitrogen and oxygen atoms in total. The Hall–Kier alpha value is -2.88. The second kappa shape index (κ2) is 8.48. The molecule has 2 rings (SSSR count). The number of carbonyl (C=O) groups is 2. The van der Waals surface area contributed by atoms with Crippen molar-refractivity contribution in [3.8, 4) is 0 Å². The first kappa shape index (κ1) is 21.2. The Morgan fingerprint density at radius 3 is 2.35 bits per heavy atom. The predicted molar refractivity (Wildman–Crippen MR) is 85.1 cm³/mol. The van der Waals surface area contributed by atoms with Crippen molar-refractivity contribution in [3.05, 3.63) is 48.4 Å². The molecule has 4 N–H and O–H groups in total. The van der Waals surface area contributed by atoms with Gasteiger partial charge in [0.25, 0.3) is 0 Å². The molecule has 0 amide bonds. The Balaban J connectivity index is 0.000000412. The van der Waals surface area contributed by atoms with Crippen LogP contribution in [0.1, 0.15) is 5.56 Å². The molecular formula is C16H16F4N2O4. The van der Waals surface area contributed by atoms with Gasteiger partial charge in [0.05, 0.1) is 0 Å². The summed E-state index contributed by atoms with van der Waals surface area (Å²) in [5.41, 5.74) is 7.11. The monoisotopic (exact) mass is 376 g/mol. The van der Waals surface area contributed by atoms with E-state index >= 15 is 0 Å². The van der Waals surface area contributed by atoms with Crippen LogP contribution in [0.2, 0.25) is 0 Å². The van der Waals surface area contributed by atoms with Crippen LogP contribution in [0.5, 0.6) is 0 Å². The number of nitrogens with zero attached hydrogens (tertiary/aromatic N) is 1. The van der Waals surface area contributed by atoms with E-state index in [1.54, 1.807) is 18.3 Å². The van der Waals surface area contributed by atoms with Crippen LogP contribution in [0, 0.1) is 5.82 Å². The fourth-order valence-corrected chi connectivity index (χ4v) is 2.12. The molecule has 2 aromatic rings. The van der Waals surface area contributed by atoms with Crippen LogP contribution in [-0.4, -0.2) is 38.9 Å². The maximum Gasteiger partial charge on any atom is 0.490 e. The molecule has 0 bridgehead atoms. The molecule has 0 radical (unpaired) electrons. The minimum atomic E-state index is -5.08. The highest BCUT2D eigenvalue weighted by atomic mass is 19.4. The summed E-state index contributed by atoms with van der Waals surface area (Å²) in [4.78, 5) is 19.7. The summed E-state index contributed by atoms with van der Waals surface area (Å²) in [7, 11) is 0. The zero-order valence-corrected chi connectivity index (χ0v) is 13.3. The number of hydrogen-bond acceptors (Lipinski definition) is 3. The first-order chi connectivity index (χ1) is 12.0. The summed E-state index contributed by atoms with van der Waals surface area (Å²) >= 11 is 0. The van der Waals surface area contributed by atoms with Gasteiger partial charge in [-0.3, -0.25) is 4.79 Å². The maximum absolute atomic E-state index is 13.3. The molecule has 0 unspecified atom stereocenters. The molecule has 1 atom stereocenters. The second-order valence-corrected chi connectivity index (χ2v) is 5.21. The number of benzene rings is 1. The normalized spacial score (nSPS) is 12.2. The molecule has 0 aliphatic heterocycles. The van der Waals surface area contributed by atoms with E-state index in [4.69, 9.17) is 20.7 Å². The van der Waals surface area contributed by atoms with Gasteiger partial charge < -0.3 is 20.5 Å². The van der Waals surface area contributed by atoms with Crippen LogP contribution in [0.15, 0.2) is 37.1 Å². The number of rotatable bonds is 5. The lowest BCUT2D eigenvalue weighted by atomic mass is 10.1. The fourth-order valence-electron chi connectivity index (χ4n) is 2.12. The highest BCUT2D eigenvalue weighted by Crippen LogP contribution is 2.23. The Morgan fingerprint density at radius 2 is 1.88 bits per heavy atom. The standard InChI is InChI=1S/C14H15FN2O2.C2HF3O2/c1-2-5-17-8-9(6-12(16)14(18)19)11-7-10(15)3-4-13(11)17;3-2(4,5)1(6)7/h2-4,7-8,12H,1,5-6,16H2,(H,18,19);(H,6,7)/t12-;/m0./s1. The third-order valence-electron chi connectivity index (χ3n) is 3.25. The number of carboxylic acid groups (broad SMARTS) is 2. The molecular weight excluding hydrogens is 360 g/mol. The zero-order valence-electron chi connectivity index (χ0n) is 13.3. The number of alkyl halides is 3. The Labute approximate surface area is 145 Å². The van der Waals surface area contributed by atoms with E-state index in [1.165, 1.54) is 12.1 Å². The van der Waals surface area contributed by atoms with Crippen molar-refractivity contribution in [1.82, 2.24) is 4.57 Å². The first-order valence-electron chi connectivity index (χ1n) is 7.14. The Kier molecular flexibility index (Phi) is 6.90. The van der Waals surface area contributed by atoms with Crippen molar-refractivity contribution in [2.45, 2.75) is 25.2 Å². The van der Waals surface area contributed by atoms with Gasteiger partial charge in [0, 0.05) is 30.1 Å². The maximum atomic E-state index is 13.3. The molecule has 0 aliphatic rings. The van der Waals surface area contributed by atoms with Crippen molar-refractivity contribution in [3.63, 3.8) is 0 Å². The third-order valence-corrected chi connectivity index (χ3v) is 3.25. The van der Waals surface area contributed by atoms with Crippen LogP contribution >= 0.6 is 0 Å². The Morgan fingerprint density at radius 1 is 1.31 bits per heavy atom. The molecule has 0 fully saturated rings. The molecule has 26 heavy (non-hydrogen) atoms. The van der Waals surface area contributed by atoms with Crippen LogP contribution < -0.4 is 5.73 Å². The SMILES string of the molecule is C=CCn1cc(C[C@H](N)C(=O)O)c2cc(F)ccc21.O=C(O)C(F)(F)F. The number of fused-ring (bicyclic) bond motifs is 1. The second-order valence-electron chi connectivity index (χ2n) is 5.21. The first-order valence-corrected chi connectivity index (χ1v) is 7.14. The summed E-state index contributed by atoms with van der Waals surface area (Å²) in [6.45, 7) is 4.24. The minimum Gasteiger partial charge on any atom is -0.480 e. The highest BCUT2D eigenvalue weighted by molar-refractivity contribution is 5.85. The number of allylic oxidation sites excluding steroid dienone is 1. The summed E-state index contributed by atoms with van der Waals surface area (Å²) in [6.07, 6.45) is -1.39. The molecule has 0 saturated heterocycles. The van der Waals surface area contributed by atoms with E-state index in [0.717, 1.165) is 11.1 Å². The van der Waals surface area contributed by atoms with Crippen LogP contribution in [-0.2, 0) is 22.6 Å². The molecule has 0 aliphatic carbocycles. The predicted octanol–water partition coefficient (Wildman–Crippen LogP) is 2.55. The average Bonchev–Trinajstić information content (AvgIpc) is 2.84. The van der Waals surface area contributed by atoms with Gasteiger partial charge >= 0.3 is 18.1 Å². The summed E-state index contributed by atoms with van der Waals surface area (Å²) in [6, 6.07) is 3.46. The topological polar surface area (TPSA) is 106 Å². The largest absolute Gasteiger partial charge is 0.490 e. The van der Waals surface area contributed by atoms with Gasteiger partial charge in [-0.15, -0.1) is 6.58 Å². The number of halogens is 4. The number of hydrogen-bond donors (Lipinski definition) is 3. The third kappa shape index (κ3) is 5.59. The molecule has 1 aromatic heterocycles. The van der Waals surface area contributed by atoms with Crippen molar-refractivity contribution in [2.75, 3.05) is 0 Å². The number of carboxylic acids is 2. The lowest BCUT2D eigenvalue weighted by molar-refractivity contribution is -0.192. The van der Waals surface area contributed by atoms with Crippen molar-refractivity contribution in [1.29, 1.82) is 0 Å². The highest BCUT2D eigenvalue weighted by Gasteiger charge is 2.38. The van der Waals surface area contributed by atoms with Gasteiger partial charge in [0.2, 0.25) is 0 Å². The van der Waals surface area contributed by atoms with Gasteiger partial charge in [-0.2, -0.15) is 13.2 Å². The molecule has 0 saturated carbocycles. The van der Waals surface area contributed by atoms with Gasteiger partial charge in [-0.25, -0.2) is 9.18 Å². The smallest absolute Gasteiger partial charge is 0.480 e. The number of nitrogens with two attached hydrogens (primary N) is 1.